The van der Waals surface area contributed by atoms with Crippen LogP contribution in [0.5, 0.6) is 0 Å². The number of rotatable bonds is 5. The van der Waals surface area contributed by atoms with Gasteiger partial charge in [0.2, 0.25) is 11.8 Å². The molecule has 2 aromatic carbocycles. The number of carbonyl (C=O) groups is 2. The van der Waals surface area contributed by atoms with Crippen LogP contribution in [0.15, 0.2) is 48.5 Å². The average molecular weight is 425 g/mol. The summed E-state index contributed by atoms with van der Waals surface area (Å²) in [5.41, 5.74) is 2.96. The Labute approximate surface area is 181 Å². The molecule has 0 radical (unpaired) electrons. The summed E-state index contributed by atoms with van der Waals surface area (Å²) >= 11 is 6.36. The zero-order valence-electron chi connectivity index (χ0n) is 17.1. The van der Waals surface area contributed by atoms with E-state index in [9.17, 15) is 9.59 Å². The van der Waals surface area contributed by atoms with Crippen LogP contribution in [-0.2, 0) is 22.6 Å². The minimum atomic E-state index is 0.0659. The van der Waals surface area contributed by atoms with Gasteiger partial charge in [-0.15, -0.1) is 0 Å². The van der Waals surface area contributed by atoms with Crippen molar-refractivity contribution in [3.8, 4) is 0 Å². The maximum atomic E-state index is 12.8. The summed E-state index contributed by atoms with van der Waals surface area (Å²) in [5.74, 6) is 1.08. The normalized spacial score (nSPS) is 14.3. The second-order valence-corrected chi connectivity index (χ2v) is 7.98. The largest absolute Gasteiger partial charge is 0.339 e. The van der Waals surface area contributed by atoms with Gasteiger partial charge < -0.3 is 14.4 Å². The third-order valence-electron chi connectivity index (χ3n) is 5.67. The van der Waals surface area contributed by atoms with E-state index < -0.39 is 0 Å². The van der Waals surface area contributed by atoms with E-state index in [0.29, 0.717) is 45.6 Å². The summed E-state index contributed by atoms with van der Waals surface area (Å²) in [6.07, 6.45) is 1.01. The lowest BCUT2D eigenvalue weighted by atomic mass is 10.1. The van der Waals surface area contributed by atoms with Crippen molar-refractivity contribution in [1.82, 2.24) is 19.4 Å². The summed E-state index contributed by atoms with van der Waals surface area (Å²) in [7, 11) is 0. The number of aryl methyl sites for hydroxylation is 1. The molecule has 0 spiro atoms. The molecule has 2 amide bonds. The van der Waals surface area contributed by atoms with Crippen molar-refractivity contribution in [3.63, 3.8) is 0 Å². The number of nitrogens with zero attached hydrogens (tertiary/aromatic N) is 4. The molecule has 4 rings (SSSR count). The molecule has 0 aliphatic carbocycles. The van der Waals surface area contributed by atoms with E-state index >= 15 is 0 Å². The van der Waals surface area contributed by atoms with Crippen LogP contribution in [0.4, 0.5) is 0 Å². The molecule has 0 bridgehead atoms. The molecule has 1 aliphatic rings. The first-order valence-corrected chi connectivity index (χ1v) is 10.6. The minimum Gasteiger partial charge on any atom is -0.339 e. The highest BCUT2D eigenvalue weighted by Crippen LogP contribution is 2.23. The number of hydrogen-bond donors (Lipinski definition) is 0. The van der Waals surface area contributed by atoms with Crippen molar-refractivity contribution >= 4 is 34.4 Å². The maximum Gasteiger partial charge on any atom is 0.224 e. The van der Waals surface area contributed by atoms with Gasteiger partial charge in [0, 0.05) is 57.5 Å². The van der Waals surface area contributed by atoms with E-state index in [0.717, 1.165) is 27.4 Å². The number of carbonyl (C=O) groups excluding carboxylic acids is 2. The van der Waals surface area contributed by atoms with Crippen LogP contribution in [0.3, 0.4) is 0 Å². The quantitative estimate of drug-likeness (QED) is 0.631. The van der Waals surface area contributed by atoms with Gasteiger partial charge in [0.05, 0.1) is 11.0 Å². The SMILES string of the molecule is CC(=O)N1CCN(C(=O)CCn2c(Cc3ccccc3Cl)nc3ccccc32)CC1. The first-order valence-electron chi connectivity index (χ1n) is 10.2. The lowest BCUT2D eigenvalue weighted by molar-refractivity contribution is -0.138. The Morgan fingerprint density at radius 3 is 2.37 bits per heavy atom. The van der Waals surface area contributed by atoms with Crippen molar-refractivity contribution in [1.29, 1.82) is 0 Å². The van der Waals surface area contributed by atoms with Crippen LogP contribution >= 0.6 is 11.6 Å². The number of amides is 2. The number of halogens is 1. The number of aromatic nitrogens is 2. The van der Waals surface area contributed by atoms with Gasteiger partial charge in [0.1, 0.15) is 5.82 Å². The van der Waals surface area contributed by atoms with Crippen LogP contribution < -0.4 is 0 Å². The lowest BCUT2D eigenvalue weighted by Crippen LogP contribution is -2.50. The fraction of sp³-hybridized carbons (Fsp3) is 0.348. The van der Waals surface area contributed by atoms with Crippen LogP contribution in [0.1, 0.15) is 24.7 Å². The van der Waals surface area contributed by atoms with Gasteiger partial charge >= 0.3 is 0 Å². The minimum absolute atomic E-state index is 0.0659. The molecule has 2 heterocycles. The van der Waals surface area contributed by atoms with Crippen LogP contribution in [0.25, 0.3) is 11.0 Å². The molecule has 1 fully saturated rings. The van der Waals surface area contributed by atoms with Gasteiger partial charge in [-0.05, 0) is 23.8 Å². The molecule has 1 aliphatic heterocycles. The Hall–Kier alpha value is -2.86. The van der Waals surface area contributed by atoms with Crippen LogP contribution in [-0.4, -0.2) is 57.3 Å². The van der Waals surface area contributed by atoms with E-state index in [1.54, 1.807) is 11.8 Å². The Morgan fingerprint density at radius 1 is 0.967 bits per heavy atom. The molecular weight excluding hydrogens is 400 g/mol. The number of benzene rings is 2. The van der Waals surface area contributed by atoms with Gasteiger partial charge in [0.25, 0.3) is 0 Å². The highest BCUT2D eigenvalue weighted by atomic mass is 35.5. The molecule has 156 valence electrons. The number of piperazine rings is 1. The zero-order chi connectivity index (χ0) is 21.1. The Morgan fingerprint density at radius 2 is 1.63 bits per heavy atom. The van der Waals surface area contributed by atoms with Crippen LogP contribution in [0, 0.1) is 0 Å². The van der Waals surface area contributed by atoms with E-state index in [1.807, 2.05) is 53.4 Å². The number of hydrogen-bond acceptors (Lipinski definition) is 3. The predicted octanol–water partition coefficient (Wildman–Crippen LogP) is 3.36. The summed E-state index contributed by atoms with van der Waals surface area (Å²) in [4.78, 5) is 32.7. The van der Waals surface area contributed by atoms with Gasteiger partial charge in [-0.2, -0.15) is 0 Å². The van der Waals surface area contributed by atoms with Gasteiger partial charge in [0.15, 0.2) is 0 Å². The van der Waals surface area contributed by atoms with E-state index in [4.69, 9.17) is 16.6 Å². The van der Waals surface area contributed by atoms with Crippen LogP contribution in [0.2, 0.25) is 5.02 Å². The molecule has 7 heteroatoms. The van der Waals surface area contributed by atoms with Crippen molar-refractivity contribution in [2.24, 2.45) is 0 Å². The zero-order valence-corrected chi connectivity index (χ0v) is 17.8. The van der Waals surface area contributed by atoms with Crippen molar-refractivity contribution < 1.29 is 9.59 Å². The van der Waals surface area contributed by atoms with E-state index in [2.05, 4.69) is 4.57 Å². The summed E-state index contributed by atoms with van der Waals surface area (Å²) in [6.45, 7) is 4.53. The first kappa shape index (κ1) is 20.4. The fourth-order valence-corrected chi connectivity index (χ4v) is 4.16. The average Bonchev–Trinajstić information content (AvgIpc) is 3.10. The third kappa shape index (κ3) is 4.33. The smallest absolute Gasteiger partial charge is 0.224 e. The standard InChI is InChI=1S/C23H25ClN4O2/c1-17(29)26-12-14-27(15-13-26)23(30)10-11-28-21-9-5-4-8-20(21)25-22(28)16-18-6-2-3-7-19(18)24/h2-9H,10-16H2,1H3. The van der Waals surface area contributed by atoms with E-state index in [-0.39, 0.29) is 11.8 Å². The van der Waals surface area contributed by atoms with E-state index in [1.165, 1.54) is 0 Å². The highest BCUT2D eigenvalue weighted by Gasteiger charge is 2.22. The molecular formula is C23H25ClN4O2. The van der Waals surface area contributed by atoms with Crippen molar-refractivity contribution in [2.75, 3.05) is 26.2 Å². The maximum absolute atomic E-state index is 12.8. The summed E-state index contributed by atoms with van der Waals surface area (Å²) in [6, 6.07) is 15.8. The highest BCUT2D eigenvalue weighted by molar-refractivity contribution is 6.31. The number of para-hydroxylation sites is 2. The summed E-state index contributed by atoms with van der Waals surface area (Å²) < 4.78 is 2.13. The van der Waals surface area contributed by atoms with Crippen molar-refractivity contribution in [2.45, 2.75) is 26.3 Å². The molecule has 30 heavy (non-hydrogen) atoms. The topological polar surface area (TPSA) is 58.4 Å². The summed E-state index contributed by atoms with van der Waals surface area (Å²) in [5, 5.41) is 0.718. The Bertz CT molecular complexity index is 1070. The van der Waals surface area contributed by atoms with Gasteiger partial charge in [-0.25, -0.2) is 4.98 Å². The monoisotopic (exact) mass is 424 g/mol. The number of imidazole rings is 1. The molecule has 1 saturated heterocycles. The Balaban J connectivity index is 1.50. The predicted molar refractivity (Wildman–Crippen MR) is 117 cm³/mol. The number of fused-ring (bicyclic) bond motifs is 1. The molecule has 0 atom stereocenters. The fourth-order valence-electron chi connectivity index (χ4n) is 3.96. The lowest BCUT2D eigenvalue weighted by Gasteiger charge is -2.34. The second-order valence-electron chi connectivity index (χ2n) is 7.57. The molecule has 1 aromatic heterocycles. The van der Waals surface area contributed by atoms with Gasteiger partial charge in [-0.1, -0.05) is 41.9 Å². The van der Waals surface area contributed by atoms with Gasteiger partial charge in [-0.3, -0.25) is 9.59 Å². The first-order chi connectivity index (χ1) is 14.5. The molecule has 3 aromatic rings. The molecule has 0 unspecified atom stereocenters. The van der Waals surface area contributed by atoms with Crippen molar-refractivity contribution in [3.05, 3.63) is 64.9 Å². The Kier molecular flexibility index (Phi) is 6.04. The third-order valence-corrected chi connectivity index (χ3v) is 6.04. The second kappa shape index (κ2) is 8.88. The molecule has 0 saturated carbocycles. The molecule has 0 N–H and O–H groups in total. The molecule has 6 nitrogen and oxygen atoms in total.